The third-order valence-electron chi connectivity index (χ3n) is 20.5. The Morgan fingerprint density at radius 3 is 1.10 bits per heavy atom. The normalized spacial score (nSPS) is 26.6. The number of aliphatic hydroxyl groups excluding tert-OH is 6. The van der Waals surface area contributed by atoms with Crippen LogP contribution in [0.3, 0.4) is 0 Å². The first-order chi connectivity index (χ1) is 56.2. The summed E-state index contributed by atoms with van der Waals surface area (Å²) in [5, 5.41) is 89.7. The highest BCUT2D eigenvalue weighted by atomic mass is 28.4. The van der Waals surface area contributed by atoms with Gasteiger partial charge >= 0.3 is 30.5 Å². The highest BCUT2D eigenvalue weighted by Gasteiger charge is 2.59. The maximum Gasteiger partial charge on any atom is 0.407 e. The van der Waals surface area contributed by atoms with Crippen molar-refractivity contribution in [3.8, 4) is 0 Å². The second kappa shape index (κ2) is 41.1. The number of rotatable bonds is 31. The van der Waals surface area contributed by atoms with Gasteiger partial charge in [-0.3, -0.25) is 0 Å². The Labute approximate surface area is 672 Å². The van der Waals surface area contributed by atoms with Gasteiger partial charge in [0.1, 0.15) is 118 Å². The van der Waals surface area contributed by atoms with Gasteiger partial charge in [-0.05, 0) is 55.2 Å². The van der Waals surface area contributed by atoms with Crippen LogP contribution in [0.4, 0.5) is 24.0 Å². The molecule has 30 heteroatoms. The van der Waals surface area contributed by atoms with Crippen molar-refractivity contribution in [3.05, 3.63) is 276 Å². The number of amides is 5. The van der Waals surface area contributed by atoms with E-state index < -0.39 is 180 Å². The van der Waals surface area contributed by atoms with E-state index in [4.69, 9.17) is 61.3 Å². The van der Waals surface area contributed by atoms with Gasteiger partial charge in [0.25, 0.3) is 8.32 Å². The average molecular weight is 1610 g/mol. The molecule has 1 saturated carbocycles. The third-order valence-corrected chi connectivity index (χ3v) is 25.5. The fourth-order valence-corrected chi connectivity index (χ4v) is 19.1. The van der Waals surface area contributed by atoms with Crippen molar-refractivity contribution in [3.63, 3.8) is 0 Å². The van der Waals surface area contributed by atoms with E-state index in [0.29, 0.717) is 27.8 Å². The zero-order chi connectivity index (χ0) is 81.6. The number of alkyl carbamates (subject to hydrolysis) is 5. The number of hydrogen-bond acceptors (Lipinski definition) is 24. The fraction of sp³-hybridized carbons (Fsp3) is 0.384. The maximum absolute atomic E-state index is 14.6. The number of carbonyl (C=O) groups excluding carboxylic acids is 5. The summed E-state index contributed by atoms with van der Waals surface area (Å²) in [5.41, 5.74) is 3.81. The van der Waals surface area contributed by atoms with Crippen LogP contribution in [0.25, 0.3) is 0 Å². The Morgan fingerprint density at radius 1 is 0.353 bits per heavy atom. The second-order valence-corrected chi connectivity index (χ2v) is 33.9. The molecule has 116 heavy (non-hydrogen) atoms. The molecule has 1 aliphatic carbocycles. The van der Waals surface area contributed by atoms with Crippen molar-refractivity contribution in [2.45, 2.75) is 188 Å². The minimum absolute atomic E-state index is 0.0164. The lowest BCUT2D eigenvalue weighted by atomic mass is 9.83. The summed E-state index contributed by atoms with van der Waals surface area (Å²) in [7, 11) is -3.63. The topological polar surface area (TPSA) is 387 Å². The number of nitrogens with one attached hydrogen (secondary N) is 5. The fourth-order valence-electron chi connectivity index (χ4n) is 14.5. The Morgan fingerprint density at radius 2 is 0.690 bits per heavy atom. The molecule has 0 spiro atoms. The molecule has 0 radical (unpaired) electrons. The standard InChI is InChI=1S/C86H99N5O24Si/c1-86(2,3)116(60-40-24-10-25-41-60,61-42-26-11-27-43-61)109-53-66-76(114-78-67(90-84(101)107-50-58-36-20-8-21-37-58)72(95)70(93)64(110-78)45-87-81(98)104-47-55-30-14-5-15-31-55)74(97)80(112-66)115-77-69(92)62(88-82(99)105-48-56-32-16-6-17-33-56)44-63(89-83(100)106-49-57-34-18-7-19-35-57)75(77)113-79-68(91-85(102)108-51-59-38-22-9-23-39-59)73(96)71(94)65(111-79)52-103-46-54-28-12-4-13-29-54/h4-43,62-80,92-97H,44-53H2,1-3H3,(H,87,98)(H,88,99)(H,89,100)(H,90,101)(H,91,102)/t62-,63+,64+,65-,66-,67-,68-,69+,70-,71-,72-,73-,74-,75-,76-,77-,78-,79-,80+/m1/s1. The van der Waals surface area contributed by atoms with Gasteiger partial charge < -0.3 is 118 Å². The lowest BCUT2D eigenvalue weighted by molar-refractivity contribution is -0.315. The lowest BCUT2D eigenvalue weighted by Gasteiger charge is -2.49. The molecule has 29 nitrogen and oxygen atoms in total. The molecule has 3 saturated heterocycles. The molecule has 11 N–H and O–H groups in total. The summed E-state index contributed by atoms with van der Waals surface area (Å²) in [5.74, 6) is 0. The third kappa shape index (κ3) is 22.5. The Hall–Kier alpha value is -10.2. The summed E-state index contributed by atoms with van der Waals surface area (Å²) in [6, 6.07) is 65.3. The van der Waals surface area contributed by atoms with Gasteiger partial charge in [-0.1, -0.05) is 263 Å². The molecule has 4 fully saturated rings. The summed E-state index contributed by atoms with van der Waals surface area (Å²) in [6.45, 7) is 3.62. The maximum atomic E-state index is 14.6. The van der Waals surface area contributed by atoms with Crippen molar-refractivity contribution in [1.29, 1.82) is 0 Å². The molecule has 0 aromatic heterocycles. The second-order valence-electron chi connectivity index (χ2n) is 29.6. The molecule has 0 bridgehead atoms. The Balaban J connectivity index is 0.937. The van der Waals surface area contributed by atoms with Gasteiger partial charge in [-0.25, -0.2) is 24.0 Å². The highest BCUT2D eigenvalue weighted by Crippen LogP contribution is 2.41. The molecule has 0 unspecified atom stereocenters. The van der Waals surface area contributed by atoms with E-state index in [9.17, 15) is 54.6 Å². The lowest BCUT2D eigenvalue weighted by Crippen LogP contribution is -2.70. The Bertz CT molecular complexity index is 4310. The monoisotopic (exact) mass is 1610 g/mol. The minimum atomic E-state index is -3.63. The number of ether oxygens (including phenoxy) is 12. The SMILES string of the molecule is CC(C)(C)[Si](OC[C@H]1O[C@@H](O[C@@H]2[C@@H](O)[C@H](NC(=O)OCc3ccccc3)C[C@H](NC(=O)OCc3ccccc3)[C@H]2O[C@H]2O[C@H](COCc3ccccc3)[C@@H](O)[C@H](O)[C@H]2NC(=O)OCc2ccccc2)[C@H](O)[C@@H]1O[C@H]1O[C@@H](CNC(=O)OCc2ccccc2)[C@@H](O)[C@H](O)[C@H]1NC(=O)OCc1ccccc1)(c1ccccc1)c1ccccc1. The van der Waals surface area contributed by atoms with Crippen molar-refractivity contribution in [2.75, 3.05) is 19.8 Å². The van der Waals surface area contributed by atoms with Crippen LogP contribution in [0.15, 0.2) is 243 Å². The van der Waals surface area contributed by atoms with Crippen molar-refractivity contribution >= 4 is 49.2 Å². The predicted molar refractivity (Wildman–Crippen MR) is 420 cm³/mol. The van der Waals surface area contributed by atoms with E-state index in [1.807, 2.05) is 112 Å². The van der Waals surface area contributed by atoms with E-state index in [2.05, 4.69) is 26.6 Å². The first-order valence-corrected chi connectivity index (χ1v) is 40.3. The molecular weight excluding hydrogens is 1520 g/mol. The molecule has 12 rings (SSSR count). The van der Waals surface area contributed by atoms with Crippen LogP contribution >= 0.6 is 0 Å². The summed E-state index contributed by atoms with van der Waals surface area (Å²) >= 11 is 0. The highest BCUT2D eigenvalue weighted by molar-refractivity contribution is 6.99. The van der Waals surface area contributed by atoms with Crippen LogP contribution in [0.1, 0.15) is 60.6 Å². The van der Waals surface area contributed by atoms with E-state index in [1.165, 1.54) is 0 Å². The van der Waals surface area contributed by atoms with E-state index >= 15 is 0 Å². The van der Waals surface area contributed by atoms with Gasteiger partial charge in [-0.2, -0.15) is 0 Å². The van der Waals surface area contributed by atoms with Crippen molar-refractivity contribution in [2.24, 2.45) is 0 Å². The molecule has 8 aromatic rings. The number of hydrogen-bond donors (Lipinski definition) is 11. The van der Waals surface area contributed by atoms with E-state index in [-0.39, 0.29) is 46.2 Å². The van der Waals surface area contributed by atoms with Crippen molar-refractivity contribution < 1.29 is 116 Å². The summed E-state index contributed by atoms with van der Waals surface area (Å²) < 4.78 is 83.0. The van der Waals surface area contributed by atoms with E-state index in [0.717, 1.165) is 15.9 Å². The van der Waals surface area contributed by atoms with Crippen LogP contribution < -0.4 is 37.0 Å². The first-order valence-electron chi connectivity index (χ1n) is 38.4. The molecule has 5 amide bonds. The first kappa shape index (κ1) is 85.1. The van der Waals surface area contributed by atoms with Crippen molar-refractivity contribution in [1.82, 2.24) is 26.6 Å². The van der Waals surface area contributed by atoms with Gasteiger partial charge in [0.15, 0.2) is 18.9 Å². The number of carbonyl (C=O) groups is 5. The zero-order valence-electron chi connectivity index (χ0n) is 64.2. The van der Waals surface area contributed by atoms with Gasteiger partial charge in [0.2, 0.25) is 0 Å². The largest absolute Gasteiger partial charge is 0.445 e. The smallest absolute Gasteiger partial charge is 0.407 e. The zero-order valence-corrected chi connectivity index (χ0v) is 65.2. The van der Waals surface area contributed by atoms with Crippen LogP contribution in [0.2, 0.25) is 5.04 Å². The number of benzene rings is 8. The predicted octanol–water partition coefficient (Wildman–Crippen LogP) is 6.79. The van der Waals surface area contributed by atoms with E-state index in [1.54, 1.807) is 152 Å². The molecule has 616 valence electrons. The molecule has 3 heterocycles. The molecule has 8 aromatic carbocycles. The van der Waals surface area contributed by atoms with Crippen LogP contribution in [0, 0.1) is 0 Å². The molecule has 3 aliphatic heterocycles. The molecule has 19 atom stereocenters. The molecular formula is C86H99N5O24Si. The Kier molecular flexibility index (Phi) is 30.1. The van der Waals surface area contributed by atoms with Gasteiger partial charge in [-0.15, -0.1) is 0 Å². The quantitative estimate of drug-likeness (QED) is 0.0157. The summed E-state index contributed by atoms with van der Waals surface area (Å²) in [6.07, 6.45) is -33.3. The number of aliphatic hydroxyl groups is 6. The van der Waals surface area contributed by atoms with Gasteiger partial charge in [0, 0.05) is 6.54 Å². The minimum Gasteiger partial charge on any atom is -0.445 e. The summed E-state index contributed by atoms with van der Waals surface area (Å²) in [4.78, 5) is 70.5. The van der Waals surface area contributed by atoms with Crippen LogP contribution in [-0.2, 0) is 101 Å². The van der Waals surface area contributed by atoms with Gasteiger partial charge in [0.05, 0.1) is 31.9 Å². The van der Waals surface area contributed by atoms with Crippen LogP contribution in [0.5, 0.6) is 0 Å². The molecule has 4 aliphatic rings. The average Bonchev–Trinajstić information content (AvgIpc) is 1.12. The van der Waals surface area contributed by atoms with Crippen LogP contribution in [-0.4, -0.2) is 205 Å².